The van der Waals surface area contributed by atoms with Crippen molar-refractivity contribution in [3.8, 4) is 0 Å². The normalized spacial score (nSPS) is 21.1. The van der Waals surface area contributed by atoms with Gasteiger partial charge in [0.2, 0.25) is 5.91 Å². The maximum atomic E-state index is 11.6. The number of alkyl halides is 1. The third-order valence-electron chi connectivity index (χ3n) is 2.30. The van der Waals surface area contributed by atoms with Crippen molar-refractivity contribution < 1.29 is 4.79 Å². The molecule has 0 N–H and O–H groups in total. The number of aryl methyl sites for hydroxylation is 1. The molecule has 1 fully saturated rings. The number of carbonyl (C=O) groups excluding carboxylic acids is 1. The fraction of sp³-hybridized carbons (Fsp3) is 0.400. The third kappa shape index (κ3) is 2.24. The van der Waals surface area contributed by atoms with Crippen LogP contribution in [0.2, 0.25) is 5.15 Å². The van der Waals surface area contributed by atoms with Gasteiger partial charge in [-0.3, -0.25) is 4.79 Å². The fourth-order valence-electron chi connectivity index (χ4n) is 1.68. The number of anilines is 1. The molecular weight excluding hydrogens is 235 g/mol. The van der Waals surface area contributed by atoms with E-state index in [1.54, 1.807) is 11.0 Å². The van der Waals surface area contributed by atoms with Crippen LogP contribution < -0.4 is 4.90 Å². The molecule has 1 atom stereocenters. The van der Waals surface area contributed by atoms with Crippen LogP contribution in [0.4, 0.5) is 5.69 Å². The molecule has 2 rings (SSSR count). The molecule has 0 spiro atoms. The lowest BCUT2D eigenvalue weighted by Gasteiger charge is -2.16. The molecule has 0 bridgehead atoms. The van der Waals surface area contributed by atoms with Crippen molar-refractivity contribution in [3.05, 3.63) is 23.0 Å². The number of rotatable bonds is 1. The van der Waals surface area contributed by atoms with Gasteiger partial charge in [0.15, 0.2) is 0 Å². The lowest BCUT2D eigenvalue weighted by Crippen LogP contribution is -2.24. The van der Waals surface area contributed by atoms with Gasteiger partial charge in [0.05, 0.1) is 5.38 Å². The molecule has 0 aliphatic carbocycles. The molecule has 1 aromatic heterocycles. The van der Waals surface area contributed by atoms with E-state index in [1.807, 2.05) is 13.0 Å². The van der Waals surface area contributed by atoms with Gasteiger partial charge in [-0.2, -0.15) is 0 Å². The Balaban J connectivity index is 2.33. The fourth-order valence-corrected chi connectivity index (χ4v) is 2.20. The first kappa shape index (κ1) is 10.7. The molecule has 1 aliphatic heterocycles. The van der Waals surface area contributed by atoms with Crippen LogP contribution in [0.1, 0.15) is 12.1 Å². The topological polar surface area (TPSA) is 33.2 Å². The number of hydrogen-bond acceptors (Lipinski definition) is 2. The summed E-state index contributed by atoms with van der Waals surface area (Å²) in [6.07, 6.45) is 0.389. The van der Waals surface area contributed by atoms with Gasteiger partial charge in [-0.05, 0) is 19.1 Å². The number of nitrogens with zero attached hydrogens (tertiary/aromatic N) is 2. The number of carbonyl (C=O) groups is 1. The molecule has 3 nitrogen and oxygen atoms in total. The minimum absolute atomic E-state index is 0.0386. The zero-order valence-electron chi connectivity index (χ0n) is 8.20. The van der Waals surface area contributed by atoms with Crippen LogP contribution in [-0.4, -0.2) is 22.8 Å². The van der Waals surface area contributed by atoms with Gasteiger partial charge >= 0.3 is 0 Å². The smallest absolute Gasteiger partial charge is 0.228 e. The molecule has 15 heavy (non-hydrogen) atoms. The molecule has 80 valence electrons. The van der Waals surface area contributed by atoms with Crippen LogP contribution in [0.25, 0.3) is 0 Å². The average molecular weight is 245 g/mol. The monoisotopic (exact) mass is 244 g/mol. The molecular formula is C10H10Cl2N2O. The van der Waals surface area contributed by atoms with Gasteiger partial charge in [-0.1, -0.05) is 11.6 Å². The molecule has 1 aromatic rings. The van der Waals surface area contributed by atoms with E-state index in [4.69, 9.17) is 23.2 Å². The highest BCUT2D eigenvalue weighted by molar-refractivity contribution is 6.29. The maximum Gasteiger partial charge on any atom is 0.228 e. The van der Waals surface area contributed by atoms with Gasteiger partial charge in [-0.15, -0.1) is 11.6 Å². The van der Waals surface area contributed by atoms with Crippen molar-refractivity contribution >= 4 is 34.8 Å². The number of amides is 1. The van der Waals surface area contributed by atoms with Crippen molar-refractivity contribution in [1.82, 2.24) is 4.98 Å². The number of aromatic nitrogens is 1. The Morgan fingerprint density at radius 1 is 1.53 bits per heavy atom. The second kappa shape index (κ2) is 3.99. The minimum Gasteiger partial charge on any atom is -0.311 e. The van der Waals surface area contributed by atoms with E-state index in [0.717, 1.165) is 11.4 Å². The Morgan fingerprint density at radius 2 is 2.27 bits per heavy atom. The zero-order chi connectivity index (χ0) is 11.0. The highest BCUT2D eigenvalue weighted by Gasteiger charge is 2.29. The number of halogens is 2. The third-order valence-corrected chi connectivity index (χ3v) is 2.78. The summed E-state index contributed by atoms with van der Waals surface area (Å²) in [7, 11) is 0. The lowest BCUT2D eigenvalue weighted by atomic mass is 10.3. The first-order valence-corrected chi connectivity index (χ1v) is 5.46. The molecule has 0 saturated carbocycles. The minimum atomic E-state index is -0.107. The Bertz CT molecular complexity index is 388. The zero-order valence-corrected chi connectivity index (χ0v) is 9.72. The van der Waals surface area contributed by atoms with E-state index in [-0.39, 0.29) is 11.3 Å². The summed E-state index contributed by atoms with van der Waals surface area (Å²) < 4.78 is 0. The molecule has 5 heteroatoms. The predicted molar refractivity (Wildman–Crippen MR) is 60.6 cm³/mol. The van der Waals surface area contributed by atoms with Gasteiger partial charge in [0.1, 0.15) is 5.15 Å². The first-order chi connectivity index (χ1) is 7.06. The molecule has 0 aromatic carbocycles. The number of hydrogen-bond donors (Lipinski definition) is 0. The van der Waals surface area contributed by atoms with Crippen molar-refractivity contribution in [2.45, 2.75) is 18.7 Å². The van der Waals surface area contributed by atoms with Gasteiger partial charge in [-0.25, -0.2) is 4.98 Å². The predicted octanol–water partition coefficient (Wildman–Crippen LogP) is 2.39. The second-order valence-electron chi connectivity index (χ2n) is 3.60. The molecule has 1 unspecified atom stereocenters. The van der Waals surface area contributed by atoms with E-state index < -0.39 is 0 Å². The first-order valence-electron chi connectivity index (χ1n) is 4.65. The van der Waals surface area contributed by atoms with Crippen LogP contribution >= 0.6 is 23.2 Å². The highest BCUT2D eigenvalue weighted by Crippen LogP contribution is 2.26. The Hall–Kier alpha value is -0.800. The quantitative estimate of drug-likeness (QED) is 0.562. The van der Waals surface area contributed by atoms with Crippen LogP contribution in [0.3, 0.4) is 0 Å². The van der Waals surface area contributed by atoms with E-state index in [2.05, 4.69) is 4.98 Å². The summed E-state index contributed by atoms with van der Waals surface area (Å²) in [6.45, 7) is 2.38. The lowest BCUT2D eigenvalue weighted by molar-refractivity contribution is -0.117. The van der Waals surface area contributed by atoms with E-state index in [0.29, 0.717) is 18.1 Å². The molecule has 0 radical (unpaired) electrons. The summed E-state index contributed by atoms with van der Waals surface area (Å²) in [5.41, 5.74) is 1.57. The van der Waals surface area contributed by atoms with Crippen LogP contribution in [0.15, 0.2) is 12.1 Å². The largest absolute Gasteiger partial charge is 0.311 e. The summed E-state index contributed by atoms with van der Waals surface area (Å²) in [5.74, 6) is 0.0386. The Kier molecular flexibility index (Phi) is 2.85. The van der Waals surface area contributed by atoms with E-state index in [9.17, 15) is 4.79 Å². The summed E-state index contributed by atoms with van der Waals surface area (Å²) in [5, 5.41) is 0.292. The van der Waals surface area contributed by atoms with Gasteiger partial charge in [0, 0.05) is 24.3 Å². The Labute approximate surface area is 98.0 Å². The standard InChI is InChI=1S/C10H10Cl2N2O/c1-6-2-8(4-9(12)13-6)14-5-7(11)3-10(14)15/h2,4,7H,3,5H2,1H3. The van der Waals surface area contributed by atoms with E-state index in [1.165, 1.54) is 0 Å². The maximum absolute atomic E-state index is 11.6. The molecule has 1 aliphatic rings. The van der Waals surface area contributed by atoms with E-state index >= 15 is 0 Å². The summed E-state index contributed by atoms with van der Waals surface area (Å²) >= 11 is 11.8. The van der Waals surface area contributed by atoms with Crippen LogP contribution in [0.5, 0.6) is 0 Å². The van der Waals surface area contributed by atoms with Crippen LogP contribution in [0, 0.1) is 6.92 Å². The number of pyridine rings is 1. The van der Waals surface area contributed by atoms with Gasteiger partial charge < -0.3 is 4.90 Å². The van der Waals surface area contributed by atoms with Crippen molar-refractivity contribution in [2.24, 2.45) is 0 Å². The Morgan fingerprint density at radius 3 is 2.80 bits per heavy atom. The molecule has 2 heterocycles. The molecule has 1 saturated heterocycles. The summed E-state index contributed by atoms with van der Waals surface area (Å²) in [4.78, 5) is 17.3. The van der Waals surface area contributed by atoms with Crippen LogP contribution in [-0.2, 0) is 4.79 Å². The van der Waals surface area contributed by atoms with Crippen molar-refractivity contribution in [1.29, 1.82) is 0 Å². The summed E-state index contributed by atoms with van der Waals surface area (Å²) in [6, 6.07) is 3.51. The average Bonchev–Trinajstić information content (AvgIpc) is 2.43. The SMILES string of the molecule is Cc1cc(N2CC(Cl)CC2=O)cc(Cl)n1. The molecule has 1 amide bonds. The van der Waals surface area contributed by atoms with Gasteiger partial charge in [0.25, 0.3) is 0 Å². The van der Waals surface area contributed by atoms with Crippen molar-refractivity contribution in [2.75, 3.05) is 11.4 Å². The van der Waals surface area contributed by atoms with Crippen molar-refractivity contribution in [3.63, 3.8) is 0 Å². The highest BCUT2D eigenvalue weighted by atomic mass is 35.5. The second-order valence-corrected chi connectivity index (χ2v) is 4.60.